The van der Waals surface area contributed by atoms with Crippen LogP contribution in [0, 0.1) is 17.0 Å². The van der Waals surface area contributed by atoms with Crippen molar-refractivity contribution in [1.82, 2.24) is 4.98 Å². The van der Waals surface area contributed by atoms with Crippen LogP contribution in [-0.2, 0) is 0 Å². The first-order chi connectivity index (χ1) is 9.66. The Kier molecular flexibility index (Phi) is 2.91. The molecule has 0 atom stereocenters. The van der Waals surface area contributed by atoms with Crippen molar-refractivity contribution in [1.29, 1.82) is 0 Å². The summed E-state index contributed by atoms with van der Waals surface area (Å²) >= 11 is 0. The Hall–Kier alpha value is -2.75. The van der Waals surface area contributed by atoms with Crippen LogP contribution in [-0.4, -0.2) is 9.91 Å². The predicted molar refractivity (Wildman–Crippen MR) is 78.6 cm³/mol. The molecular weight excluding hydrogens is 252 g/mol. The molecule has 2 aromatic carbocycles. The largest absolute Gasteiger partial charge is 0.298 e. The summed E-state index contributed by atoms with van der Waals surface area (Å²) < 4.78 is 0. The van der Waals surface area contributed by atoms with Crippen molar-refractivity contribution in [3.63, 3.8) is 0 Å². The molecule has 0 saturated heterocycles. The van der Waals surface area contributed by atoms with Gasteiger partial charge in [0.1, 0.15) is 5.52 Å². The molecule has 0 saturated carbocycles. The molecule has 4 nitrogen and oxygen atoms in total. The van der Waals surface area contributed by atoms with E-state index >= 15 is 0 Å². The second-order valence-electron chi connectivity index (χ2n) is 4.62. The highest BCUT2D eigenvalue weighted by Crippen LogP contribution is 2.29. The van der Waals surface area contributed by atoms with Crippen molar-refractivity contribution in [3.8, 4) is 11.3 Å². The summed E-state index contributed by atoms with van der Waals surface area (Å²) in [6, 6.07) is 17.0. The fourth-order valence-electron chi connectivity index (χ4n) is 2.27. The molecule has 0 amide bonds. The van der Waals surface area contributed by atoms with Crippen molar-refractivity contribution >= 4 is 16.6 Å². The highest BCUT2D eigenvalue weighted by Gasteiger charge is 2.17. The monoisotopic (exact) mass is 264 g/mol. The summed E-state index contributed by atoms with van der Waals surface area (Å²) in [5, 5.41) is 12.0. The summed E-state index contributed by atoms with van der Waals surface area (Å²) in [4.78, 5) is 15.4. The maximum Gasteiger partial charge on any atom is 0.298 e. The van der Waals surface area contributed by atoms with Gasteiger partial charge in [-0.3, -0.25) is 10.1 Å². The van der Waals surface area contributed by atoms with Gasteiger partial charge in [0.15, 0.2) is 0 Å². The van der Waals surface area contributed by atoms with Gasteiger partial charge in [-0.05, 0) is 13.0 Å². The molecule has 0 aliphatic heterocycles. The Labute approximate surface area is 115 Å². The second-order valence-corrected chi connectivity index (χ2v) is 4.62. The lowest BCUT2D eigenvalue weighted by Crippen LogP contribution is -1.95. The van der Waals surface area contributed by atoms with E-state index in [1.54, 1.807) is 13.0 Å². The molecule has 0 N–H and O–H groups in total. The molecule has 0 aliphatic rings. The van der Waals surface area contributed by atoms with E-state index in [4.69, 9.17) is 0 Å². The van der Waals surface area contributed by atoms with Crippen molar-refractivity contribution in [2.24, 2.45) is 0 Å². The minimum absolute atomic E-state index is 0.0836. The van der Waals surface area contributed by atoms with E-state index < -0.39 is 0 Å². The Morgan fingerprint density at radius 2 is 1.70 bits per heavy atom. The van der Waals surface area contributed by atoms with Gasteiger partial charge in [-0.25, -0.2) is 4.98 Å². The lowest BCUT2D eigenvalue weighted by Gasteiger charge is -2.05. The molecule has 1 heterocycles. The number of pyridine rings is 1. The van der Waals surface area contributed by atoms with E-state index in [-0.39, 0.29) is 10.6 Å². The fourth-order valence-corrected chi connectivity index (χ4v) is 2.27. The lowest BCUT2D eigenvalue weighted by molar-refractivity contribution is -0.383. The van der Waals surface area contributed by atoms with E-state index in [1.165, 1.54) is 0 Å². The maximum absolute atomic E-state index is 11.2. The van der Waals surface area contributed by atoms with Gasteiger partial charge in [0.05, 0.1) is 10.6 Å². The first-order valence-corrected chi connectivity index (χ1v) is 6.27. The van der Waals surface area contributed by atoms with E-state index in [0.29, 0.717) is 11.1 Å². The molecule has 1 aromatic heterocycles. The third kappa shape index (κ3) is 2.01. The number of hydrogen-bond acceptors (Lipinski definition) is 3. The summed E-state index contributed by atoms with van der Waals surface area (Å²) in [6.45, 7) is 1.73. The van der Waals surface area contributed by atoms with E-state index in [1.807, 2.05) is 48.5 Å². The van der Waals surface area contributed by atoms with E-state index in [0.717, 1.165) is 16.6 Å². The molecular formula is C16H12N2O2. The molecule has 4 heteroatoms. The number of hydrogen-bond donors (Lipinski definition) is 0. The summed E-state index contributed by atoms with van der Waals surface area (Å²) in [5.74, 6) is 0. The Morgan fingerprint density at radius 1 is 1.00 bits per heavy atom. The number of aromatic nitrogens is 1. The number of nitro groups is 1. The van der Waals surface area contributed by atoms with Crippen LogP contribution in [0.2, 0.25) is 0 Å². The number of aryl methyl sites for hydroxylation is 1. The molecule has 3 aromatic rings. The normalized spacial score (nSPS) is 10.7. The van der Waals surface area contributed by atoms with Crippen LogP contribution in [0.3, 0.4) is 0 Å². The van der Waals surface area contributed by atoms with Gasteiger partial charge in [0.25, 0.3) is 5.69 Å². The molecule has 0 unspecified atom stereocenters. The van der Waals surface area contributed by atoms with Gasteiger partial charge >= 0.3 is 0 Å². The summed E-state index contributed by atoms with van der Waals surface area (Å²) in [6.07, 6.45) is 0. The first-order valence-electron chi connectivity index (χ1n) is 6.27. The summed E-state index contributed by atoms with van der Waals surface area (Å²) in [7, 11) is 0. The van der Waals surface area contributed by atoms with Crippen LogP contribution in [0.4, 0.5) is 5.69 Å². The van der Waals surface area contributed by atoms with Crippen LogP contribution < -0.4 is 0 Å². The van der Waals surface area contributed by atoms with Gasteiger partial charge in [-0.1, -0.05) is 48.5 Å². The average Bonchev–Trinajstić information content (AvgIpc) is 2.47. The Bertz CT molecular complexity index is 798. The highest BCUT2D eigenvalue weighted by atomic mass is 16.6. The van der Waals surface area contributed by atoms with Crippen molar-refractivity contribution < 1.29 is 4.92 Å². The third-order valence-corrected chi connectivity index (χ3v) is 3.29. The molecule has 98 valence electrons. The van der Waals surface area contributed by atoms with Gasteiger partial charge in [0, 0.05) is 16.5 Å². The quantitative estimate of drug-likeness (QED) is 0.516. The topological polar surface area (TPSA) is 56.0 Å². The average molecular weight is 264 g/mol. The number of benzene rings is 2. The second kappa shape index (κ2) is 4.74. The van der Waals surface area contributed by atoms with Gasteiger partial charge in [-0.2, -0.15) is 0 Å². The van der Waals surface area contributed by atoms with Crippen LogP contribution in [0.25, 0.3) is 22.2 Å². The minimum atomic E-state index is -0.362. The highest BCUT2D eigenvalue weighted by molar-refractivity contribution is 5.90. The SMILES string of the molecule is Cc1ccc2ccc(-c3ccccc3)nc2c1[N+](=O)[O-]. The van der Waals surface area contributed by atoms with Crippen molar-refractivity contribution in [3.05, 3.63) is 70.3 Å². The zero-order valence-corrected chi connectivity index (χ0v) is 10.9. The lowest BCUT2D eigenvalue weighted by atomic mass is 10.1. The number of nitro benzene ring substituents is 1. The molecule has 0 bridgehead atoms. The van der Waals surface area contributed by atoms with Gasteiger partial charge < -0.3 is 0 Å². The molecule has 0 fully saturated rings. The molecule has 0 radical (unpaired) electrons. The predicted octanol–water partition coefficient (Wildman–Crippen LogP) is 4.12. The summed E-state index contributed by atoms with van der Waals surface area (Å²) in [5.41, 5.74) is 2.84. The molecule has 3 rings (SSSR count). The smallest absolute Gasteiger partial charge is 0.258 e. The number of rotatable bonds is 2. The third-order valence-electron chi connectivity index (χ3n) is 3.29. The molecule has 0 aliphatic carbocycles. The fraction of sp³-hybridized carbons (Fsp3) is 0.0625. The van der Waals surface area contributed by atoms with Crippen molar-refractivity contribution in [2.45, 2.75) is 6.92 Å². The van der Waals surface area contributed by atoms with Gasteiger partial charge in [0.2, 0.25) is 0 Å². The van der Waals surface area contributed by atoms with Crippen LogP contribution in [0.15, 0.2) is 54.6 Å². The zero-order chi connectivity index (χ0) is 14.1. The minimum Gasteiger partial charge on any atom is -0.258 e. The Morgan fingerprint density at radius 3 is 2.40 bits per heavy atom. The van der Waals surface area contributed by atoms with Crippen LogP contribution in [0.1, 0.15) is 5.56 Å². The number of nitrogens with zero attached hydrogens (tertiary/aromatic N) is 2. The number of fused-ring (bicyclic) bond motifs is 1. The Balaban J connectivity index is 2.30. The van der Waals surface area contributed by atoms with Gasteiger partial charge in [-0.15, -0.1) is 0 Å². The van der Waals surface area contributed by atoms with Crippen LogP contribution in [0.5, 0.6) is 0 Å². The van der Waals surface area contributed by atoms with Crippen LogP contribution >= 0.6 is 0 Å². The zero-order valence-electron chi connectivity index (χ0n) is 10.9. The molecule has 0 spiro atoms. The maximum atomic E-state index is 11.2. The van der Waals surface area contributed by atoms with E-state index in [9.17, 15) is 10.1 Å². The standard InChI is InChI=1S/C16H12N2O2/c1-11-7-8-13-9-10-14(12-5-3-2-4-6-12)17-15(13)16(11)18(19)20/h2-10H,1H3. The van der Waals surface area contributed by atoms with Crippen molar-refractivity contribution in [2.75, 3.05) is 0 Å². The molecule has 20 heavy (non-hydrogen) atoms. The first kappa shape index (κ1) is 12.3. The van der Waals surface area contributed by atoms with E-state index in [2.05, 4.69) is 4.98 Å².